The van der Waals surface area contributed by atoms with E-state index in [2.05, 4.69) is 15.7 Å². The molecule has 30 heavy (non-hydrogen) atoms. The van der Waals surface area contributed by atoms with Crippen molar-refractivity contribution in [3.05, 3.63) is 45.7 Å². The highest BCUT2D eigenvalue weighted by Gasteiger charge is 2.40. The second kappa shape index (κ2) is 9.21. The molecule has 1 aromatic heterocycles. The number of carbonyl (C=O) groups is 2. The van der Waals surface area contributed by atoms with E-state index >= 15 is 0 Å². The summed E-state index contributed by atoms with van der Waals surface area (Å²) in [5.41, 5.74) is 3.65. The van der Waals surface area contributed by atoms with Crippen molar-refractivity contribution in [2.45, 2.75) is 71.8 Å². The first-order valence-electron chi connectivity index (χ1n) is 10.7. The first-order chi connectivity index (χ1) is 14.3. The number of rotatable bonds is 6. The van der Waals surface area contributed by atoms with Gasteiger partial charge in [-0.15, -0.1) is 0 Å². The van der Waals surface area contributed by atoms with Crippen LogP contribution in [0, 0.1) is 20.8 Å². The minimum Gasteiger partial charge on any atom is -0.354 e. The van der Waals surface area contributed by atoms with Crippen molar-refractivity contribution in [2.24, 2.45) is 0 Å². The second-order valence-electron chi connectivity index (χ2n) is 8.22. The predicted molar refractivity (Wildman–Crippen MR) is 119 cm³/mol. The van der Waals surface area contributed by atoms with Gasteiger partial charge in [0.1, 0.15) is 5.54 Å². The zero-order valence-corrected chi connectivity index (χ0v) is 19.0. The van der Waals surface area contributed by atoms with Gasteiger partial charge in [0.05, 0.1) is 17.8 Å². The second-order valence-corrected chi connectivity index (χ2v) is 8.63. The Kier molecular flexibility index (Phi) is 6.86. The van der Waals surface area contributed by atoms with Gasteiger partial charge in [-0.3, -0.25) is 9.59 Å². The summed E-state index contributed by atoms with van der Waals surface area (Å²) < 4.78 is 1.82. The van der Waals surface area contributed by atoms with Crippen molar-refractivity contribution < 1.29 is 9.59 Å². The smallest absolute Gasteiger partial charge is 0.245 e. The fourth-order valence-electron chi connectivity index (χ4n) is 4.26. The highest BCUT2D eigenvalue weighted by atomic mass is 35.5. The van der Waals surface area contributed by atoms with Crippen molar-refractivity contribution in [1.29, 1.82) is 0 Å². The fraction of sp³-hybridized carbons (Fsp3) is 0.522. The standard InChI is InChI=1S/C23H31ClN4O2/c1-5-25-22(30)23(11-7-6-8-12-23)26-21(29)14-19-16(3)27-28(17(19)4)18-10-9-15(2)20(24)13-18/h9-10,13H,5-8,11-12,14H2,1-4H3,(H,25,30)(H,26,29). The Morgan fingerprint density at radius 3 is 2.50 bits per heavy atom. The summed E-state index contributed by atoms with van der Waals surface area (Å²) in [5, 5.41) is 11.3. The van der Waals surface area contributed by atoms with Crippen molar-refractivity contribution in [1.82, 2.24) is 20.4 Å². The van der Waals surface area contributed by atoms with E-state index in [-0.39, 0.29) is 18.2 Å². The number of hydrogen-bond acceptors (Lipinski definition) is 3. The van der Waals surface area contributed by atoms with Crippen LogP contribution in [0.3, 0.4) is 0 Å². The number of carbonyl (C=O) groups excluding carboxylic acids is 2. The van der Waals surface area contributed by atoms with Gasteiger partial charge in [-0.1, -0.05) is 36.9 Å². The van der Waals surface area contributed by atoms with Gasteiger partial charge >= 0.3 is 0 Å². The zero-order chi connectivity index (χ0) is 21.9. The number of nitrogens with zero attached hydrogens (tertiary/aromatic N) is 2. The first-order valence-corrected chi connectivity index (χ1v) is 11.1. The third-order valence-electron chi connectivity index (χ3n) is 6.04. The number of hydrogen-bond donors (Lipinski definition) is 2. The highest BCUT2D eigenvalue weighted by molar-refractivity contribution is 6.31. The van der Waals surface area contributed by atoms with Crippen molar-refractivity contribution in [2.75, 3.05) is 6.54 Å². The Balaban J connectivity index is 1.81. The van der Waals surface area contributed by atoms with Crippen LogP contribution in [0.25, 0.3) is 5.69 Å². The van der Waals surface area contributed by atoms with Gasteiger partial charge in [0.15, 0.2) is 0 Å². The maximum atomic E-state index is 13.0. The molecule has 0 radical (unpaired) electrons. The van der Waals surface area contributed by atoms with Crippen LogP contribution in [0.2, 0.25) is 5.02 Å². The molecule has 1 aromatic carbocycles. The monoisotopic (exact) mass is 430 g/mol. The van der Waals surface area contributed by atoms with Crippen LogP contribution in [0.1, 0.15) is 61.5 Å². The number of nitrogens with one attached hydrogen (secondary N) is 2. The molecule has 0 aliphatic heterocycles. The maximum Gasteiger partial charge on any atom is 0.245 e. The van der Waals surface area contributed by atoms with Crippen molar-refractivity contribution in [3.63, 3.8) is 0 Å². The molecular weight excluding hydrogens is 400 g/mol. The van der Waals surface area contributed by atoms with Crippen LogP contribution < -0.4 is 10.6 Å². The Morgan fingerprint density at radius 1 is 1.17 bits per heavy atom. The summed E-state index contributed by atoms with van der Waals surface area (Å²) in [6, 6.07) is 5.81. The van der Waals surface area contributed by atoms with E-state index in [0.29, 0.717) is 24.4 Å². The first kappa shape index (κ1) is 22.3. The minimum absolute atomic E-state index is 0.0727. The van der Waals surface area contributed by atoms with Crippen LogP contribution >= 0.6 is 11.6 Å². The highest BCUT2D eigenvalue weighted by Crippen LogP contribution is 2.29. The van der Waals surface area contributed by atoms with E-state index in [4.69, 9.17) is 11.6 Å². The van der Waals surface area contributed by atoms with Gasteiger partial charge in [-0.2, -0.15) is 5.10 Å². The number of aryl methyl sites for hydroxylation is 2. The summed E-state index contributed by atoms with van der Waals surface area (Å²) in [7, 11) is 0. The van der Waals surface area contributed by atoms with Crippen LogP contribution in [-0.4, -0.2) is 33.7 Å². The summed E-state index contributed by atoms with van der Waals surface area (Å²) in [5.74, 6) is -0.215. The van der Waals surface area contributed by atoms with Gasteiger partial charge in [-0.25, -0.2) is 4.68 Å². The third-order valence-corrected chi connectivity index (χ3v) is 6.44. The molecule has 1 aliphatic carbocycles. The predicted octanol–water partition coefficient (Wildman–Crippen LogP) is 3.95. The Morgan fingerprint density at radius 2 is 1.87 bits per heavy atom. The van der Waals surface area contributed by atoms with E-state index in [1.165, 1.54) is 0 Å². The van der Waals surface area contributed by atoms with E-state index in [9.17, 15) is 9.59 Å². The molecule has 2 amide bonds. The molecule has 0 atom stereocenters. The molecule has 162 valence electrons. The average Bonchev–Trinajstić information content (AvgIpc) is 2.99. The van der Waals surface area contributed by atoms with Gasteiger partial charge in [0, 0.05) is 22.8 Å². The van der Waals surface area contributed by atoms with Crippen molar-refractivity contribution >= 4 is 23.4 Å². The quantitative estimate of drug-likeness (QED) is 0.728. The molecule has 0 saturated heterocycles. The number of halogens is 1. The number of likely N-dealkylation sites (N-methyl/N-ethyl adjacent to an activating group) is 1. The lowest BCUT2D eigenvalue weighted by atomic mass is 9.80. The average molecular weight is 431 g/mol. The number of amides is 2. The molecule has 1 fully saturated rings. The molecular formula is C23H31ClN4O2. The van der Waals surface area contributed by atoms with Gasteiger partial charge in [0.2, 0.25) is 11.8 Å². The van der Waals surface area contributed by atoms with Crippen LogP contribution in [0.15, 0.2) is 18.2 Å². The molecule has 7 heteroatoms. The number of aromatic nitrogens is 2. The van der Waals surface area contributed by atoms with Gasteiger partial charge in [-0.05, 0) is 58.2 Å². The Hall–Kier alpha value is -2.34. The largest absolute Gasteiger partial charge is 0.354 e. The molecule has 2 aromatic rings. The fourth-order valence-corrected chi connectivity index (χ4v) is 4.44. The summed E-state index contributed by atoms with van der Waals surface area (Å²) >= 11 is 6.28. The van der Waals surface area contributed by atoms with Gasteiger partial charge in [0.25, 0.3) is 0 Å². The number of benzene rings is 1. The summed E-state index contributed by atoms with van der Waals surface area (Å²) in [6.07, 6.45) is 4.55. The molecule has 0 spiro atoms. The molecule has 1 heterocycles. The van der Waals surface area contributed by atoms with E-state index in [0.717, 1.165) is 47.5 Å². The lowest BCUT2D eigenvalue weighted by Gasteiger charge is -2.36. The molecule has 0 bridgehead atoms. The Labute approximate surface area is 183 Å². The van der Waals surface area contributed by atoms with E-state index in [1.54, 1.807) is 0 Å². The van der Waals surface area contributed by atoms with Crippen LogP contribution in [0.5, 0.6) is 0 Å². The lowest BCUT2D eigenvalue weighted by molar-refractivity contribution is -0.134. The maximum absolute atomic E-state index is 13.0. The Bertz CT molecular complexity index is 945. The summed E-state index contributed by atoms with van der Waals surface area (Å²) in [6.45, 7) is 8.27. The minimum atomic E-state index is -0.798. The molecule has 6 nitrogen and oxygen atoms in total. The van der Waals surface area contributed by atoms with E-state index < -0.39 is 5.54 Å². The van der Waals surface area contributed by atoms with E-state index in [1.807, 2.05) is 50.6 Å². The zero-order valence-electron chi connectivity index (χ0n) is 18.3. The normalized spacial score (nSPS) is 15.6. The molecule has 3 rings (SSSR count). The molecule has 0 unspecified atom stereocenters. The topological polar surface area (TPSA) is 76.0 Å². The SMILES string of the molecule is CCNC(=O)C1(NC(=O)Cc2c(C)nn(-c3ccc(C)c(Cl)c3)c2C)CCCCC1. The van der Waals surface area contributed by atoms with Crippen LogP contribution in [-0.2, 0) is 16.0 Å². The van der Waals surface area contributed by atoms with Crippen LogP contribution in [0.4, 0.5) is 0 Å². The third kappa shape index (κ3) is 4.53. The van der Waals surface area contributed by atoms with Crippen molar-refractivity contribution in [3.8, 4) is 5.69 Å². The molecule has 1 aliphatic rings. The van der Waals surface area contributed by atoms with Gasteiger partial charge < -0.3 is 10.6 Å². The summed E-state index contributed by atoms with van der Waals surface area (Å²) in [4.78, 5) is 25.7. The molecule has 2 N–H and O–H groups in total. The molecule has 1 saturated carbocycles. The lowest BCUT2D eigenvalue weighted by Crippen LogP contribution is -2.60.